The molecule has 0 radical (unpaired) electrons. The third-order valence-electron chi connectivity index (χ3n) is 5.50. The van der Waals surface area contributed by atoms with Gasteiger partial charge >= 0.3 is 0 Å². The van der Waals surface area contributed by atoms with Crippen LogP contribution in [0.2, 0.25) is 0 Å². The molecule has 0 fully saturated rings. The Morgan fingerprint density at radius 1 is 1.00 bits per heavy atom. The zero-order valence-electron chi connectivity index (χ0n) is 37.8. The molecule has 0 saturated heterocycles. The SMILES string of the molecule is [2H]c1c([2H])c2c(c([2H])c1-c1cccc(C(C)(C)C)c1Nc1ccccc1[N+](=O)[O-])C(C([2H])([2H])[2H])(C([2H])([2H])[2H])C([2H])([2H])C([2H])([2H])C2(C([2H])([2H])[2H])C([2H])([2H])[2H]. The Morgan fingerprint density at radius 3 is 2.32 bits per heavy atom. The van der Waals surface area contributed by atoms with E-state index in [1.165, 1.54) is 36.4 Å². The van der Waals surface area contributed by atoms with Gasteiger partial charge in [-0.15, -0.1) is 0 Å². The number of hydrogen-bond donors (Lipinski definition) is 1. The minimum absolute atomic E-state index is 0.0592. The van der Waals surface area contributed by atoms with Gasteiger partial charge in [0, 0.05) is 33.6 Å². The summed E-state index contributed by atoms with van der Waals surface area (Å²) >= 11 is 0. The summed E-state index contributed by atoms with van der Waals surface area (Å²) in [7, 11) is 0. The summed E-state index contributed by atoms with van der Waals surface area (Å²) in [6, 6.07) is 5.61. The molecule has 0 amide bonds. The average molecular weight is 476 g/mol. The first-order chi connectivity index (χ1) is 23.6. The van der Waals surface area contributed by atoms with Crippen LogP contribution in [-0.2, 0) is 16.2 Å². The molecule has 0 spiro atoms. The van der Waals surface area contributed by atoms with E-state index in [4.69, 9.17) is 21.9 Å². The lowest BCUT2D eigenvalue weighted by Crippen LogP contribution is -2.33. The number of nitro groups is 1. The number of nitrogens with zero attached hydrogens (tertiary/aromatic N) is 1. The first kappa shape index (κ1) is 9.85. The number of nitro benzene ring substituents is 1. The summed E-state index contributed by atoms with van der Waals surface area (Å²) in [5.41, 5.74) is -13.8. The number of para-hydroxylation sites is 3. The van der Waals surface area contributed by atoms with Crippen molar-refractivity contribution >= 4 is 17.1 Å². The van der Waals surface area contributed by atoms with E-state index in [1.54, 1.807) is 26.8 Å². The van der Waals surface area contributed by atoms with Crippen molar-refractivity contribution in [2.45, 2.75) is 77.2 Å². The normalized spacial score (nSPS) is 29.2. The Bertz CT molecular complexity index is 1940. The molecule has 0 aliphatic heterocycles. The van der Waals surface area contributed by atoms with Crippen molar-refractivity contribution in [1.29, 1.82) is 0 Å². The van der Waals surface area contributed by atoms with Gasteiger partial charge < -0.3 is 5.32 Å². The minimum atomic E-state index is -4.46. The van der Waals surface area contributed by atoms with Gasteiger partial charge in [-0.1, -0.05) is 96.6 Å². The van der Waals surface area contributed by atoms with Crippen LogP contribution in [0, 0.1) is 10.1 Å². The molecule has 178 valence electrons. The number of hydrogen-bond acceptors (Lipinski definition) is 3. The fourth-order valence-corrected chi connectivity index (χ4v) is 3.81. The van der Waals surface area contributed by atoms with Gasteiger partial charge in [0.05, 0.1) is 14.7 Å². The van der Waals surface area contributed by atoms with Gasteiger partial charge in [0.25, 0.3) is 5.69 Å². The Morgan fingerprint density at radius 2 is 1.68 bits per heavy atom. The summed E-state index contributed by atoms with van der Waals surface area (Å²) < 4.78 is 166. The quantitative estimate of drug-likeness (QED) is 0.303. The topological polar surface area (TPSA) is 55.2 Å². The highest BCUT2D eigenvalue weighted by Gasteiger charge is 2.37. The maximum atomic E-state index is 12.0. The fraction of sp³-hybridized carbons (Fsp3) is 0.400. The van der Waals surface area contributed by atoms with Crippen LogP contribution in [0.15, 0.2) is 60.6 Å². The molecule has 0 atom stereocenters. The number of nitrogens with one attached hydrogen (secondary N) is 1. The molecular formula is C30H36N2O2. The van der Waals surface area contributed by atoms with E-state index in [2.05, 4.69) is 5.32 Å². The molecule has 4 rings (SSSR count). The Kier molecular flexibility index (Phi) is 2.39. The second kappa shape index (κ2) is 8.26. The van der Waals surface area contributed by atoms with Gasteiger partial charge in [-0.3, -0.25) is 10.1 Å². The Labute approximate surface area is 230 Å². The molecule has 34 heavy (non-hydrogen) atoms. The summed E-state index contributed by atoms with van der Waals surface area (Å²) in [6.07, 6.45) is -8.91. The van der Waals surface area contributed by atoms with Crippen LogP contribution in [0.25, 0.3) is 11.1 Å². The molecule has 4 nitrogen and oxygen atoms in total. The third kappa shape index (κ3) is 4.34. The standard InChI is InChI=1S/C30H36N2O2/c1-28(2,3)23-12-10-11-21(27(23)31-25-13-8-9-14-26(25)32(33)34)20-15-16-22-24(19-20)30(6,7)18-17-29(22,4)5/h8-16,19,31H,17-18H2,1-7H3/i4D3,5D3,6D3,7D3,15D,16D,17D2,18D2,19D. The molecule has 3 aromatic carbocycles. The smallest absolute Gasteiger partial charge is 0.292 e. The highest BCUT2D eigenvalue weighted by atomic mass is 16.6. The predicted molar refractivity (Wildman–Crippen MR) is 142 cm³/mol. The lowest BCUT2D eigenvalue weighted by Gasteiger charge is -2.42. The summed E-state index contributed by atoms with van der Waals surface area (Å²) in [5.74, 6) is 0. The summed E-state index contributed by atoms with van der Waals surface area (Å²) in [4.78, 5) is 11.3. The molecule has 1 N–H and O–H groups in total. The molecule has 0 saturated carbocycles. The summed E-state index contributed by atoms with van der Waals surface area (Å²) in [6.45, 7) is -11.6. The first-order valence-corrected chi connectivity index (χ1v) is 10.4. The van der Waals surface area contributed by atoms with Crippen LogP contribution >= 0.6 is 0 Å². The molecule has 0 unspecified atom stereocenters. The van der Waals surface area contributed by atoms with Gasteiger partial charge in [0.15, 0.2) is 0 Å². The molecule has 3 aromatic rings. The van der Waals surface area contributed by atoms with Crippen LogP contribution in [0.4, 0.5) is 17.1 Å². The van der Waals surface area contributed by atoms with E-state index < -0.39 is 102 Å². The average Bonchev–Trinajstić information content (AvgIpc) is 2.94. The van der Waals surface area contributed by atoms with Gasteiger partial charge in [0.2, 0.25) is 0 Å². The highest BCUT2D eigenvalue weighted by molar-refractivity contribution is 5.86. The van der Waals surface area contributed by atoms with Crippen molar-refractivity contribution in [3.05, 3.63) is 87.4 Å². The second-order valence-electron chi connectivity index (χ2n) is 9.13. The zero-order valence-corrected chi connectivity index (χ0v) is 18.8. The van der Waals surface area contributed by atoms with Crippen molar-refractivity contribution in [3.8, 4) is 11.1 Å². The van der Waals surface area contributed by atoms with Crippen LogP contribution in [0.5, 0.6) is 0 Å². The second-order valence-corrected chi connectivity index (χ2v) is 9.13. The molecular weight excluding hydrogens is 420 g/mol. The molecule has 1 aliphatic rings. The third-order valence-corrected chi connectivity index (χ3v) is 5.50. The number of benzene rings is 3. The molecule has 0 aromatic heterocycles. The van der Waals surface area contributed by atoms with Crippen molar-refractivity contribution in [3.63, 3.8) is 0 Å². The fourth-order valence-electron chi connectivity index (χ4n) is 3.81. The van der Waals surface area contributed by atoms with Crippen molar-refractivity contribution in [1.82, 2.24) is 0 Å². The van der Waals surface area contributed by atoms with E-state index in [0.717, 1.165) is 0 Å². The van der Waals surface area contributed by atoms with Crippen molar-refractivity contribution in [2.75, 3.05) is 5.32 Å². The predicted octanol–water partition coefficient (Wildman–Crippen LogP) is 8.65. The zero-order chi connectivity index (χ0) is 41.1. The van der Waals surface area contributed by atoms with E-state index >= 15 is 0 Å². The number of fused-ring (bicyclic) bond motifs is 1. The lowest BCUT2D eigenvalue weighted by atomic mass is 9.63. The van der Waals surface area contributed by atoms with Gasteiger partial charge in [0.1, 0.15) is 5.69 Å². The van der Waals surface area contributed by atoms with E-state index in [-0.39, 0.29) is 16.9 Å². The van der Waals surface area contributed by atoms with Crippen LogP contribution in [0.3, 0.4) is 0 Å². The Hall–Kier alpha value is -3.14. The maximum Gasteiger partial charge on any atom is 0.292 e. The van der Waals surface area contributed by atoms with E-state index in [0.29, 0.717) is 5.56 Å². The first-order valence-electron chi connectivity index (χ1n) is 19.9. The molecule has 0 bridgehead atoms. The highest BCUT2D eigenvalue weighted by Crippen LogP contribution is 2.48. The lowest BCUT2D eigenvalue weighted by molar-refractivity contribution is -0.383. The number of anilines is 2. The van der Waals surface area contributed by atoms with Gasteiger partial charge in [-0.05, 0) is 57.3 Å². The summed E-state index contributed by atoms with van der Waals surface area (Å²) in [5, 5.41) is 14.9. The van der Waals surface area contributed by atoms with Gasteiger partial charge in [-0.25, -0.2) is 0 Å². The molecule has 1 aliphatic carbocycles. The maximum absolute atomic E-state index is 12.0. The van der Waals surface area contributed by atoms with Crippen molar-refractivity contribution < 1.29 is 31.0 Å². The van der Waals surface area contributed by atoms with Gasteiger partial charge in [-0.2, -0.15) is 0 Å². The van der Waals surface area contributed by atoms with E-state index in [1.807, 2.05) is 0 Å². The van der Waals surface area contributed by atoms with Crippen molar-refractivity contribution in [2.24, 2.45) is 0 Å². The van der Waals surface area contributed by atoms with Crippen LogP contribution in [-0.4, -0.2) is 4.92 Å². The monoisotopic (exact) mass is 475 g/mol. The molecule has 0 heterocycles. The molecule has 4 heteroatoms. The van der Waals surface area contributed by atoms with Crippen LogP contribution < -0.4 is 5.32 Å². The van der Waals surface area contributed by atoms with Crippen LogP contribution in [0.1, 0.15) is 104 Å². The largest absolute Gasteiger partial charge is 0.349 e. The van der Waals surface area contributed by atoms with E-state index in [9.17, 15) is 14.2 Å². The Balaban J connectivity index is 2.46. The number of rotatable bonds is 4. The minimum Gasteiger partial charge on any atom is -0.349 e.